The van der Waals surface area contributed by atoms with Crippen LogP contribution >= 0.6 is 0 Å². The summed E-state index contributed by atoms with van der Waals surface area (Å²) < 4.78 is 0. The first-order valence-corrected chi connectivity index (χ1v) is 8.59. The first kappa shape index (κ1) is 13.8. The van der Waals surface area contributed by atoms with E-state index < -0.39 is 0 Å². The predicted molar refractivity (Wildman–Crippen MR) is 88.7 cm³/mol. The van der Waals surface area contributed by atoms with Gasteiger partial charge < -0.3 is 9.88 Å². The number of benzene rings is 1. The van der Waals surface area contributed by atoms with Crippen molar-refractivity contribution in [2.45, 2.75) is 44.6 Å². The van der Waals surface area contributed by atoms with E-state index in [9.17, 15) is 0 Å². The summed E-state index contributed by atoms with van der Waals surface area (Å²) in [5, 5.41) is 10.4. The molecule has 1 saturated heterocycles. The lowest BCUT2D eigenvalue weighted by Gasteiger charge is -2.29. The molecule has 3 nitrogen and oxygen atoms in total. The molecule has 1 aliphatic carbocycles. The summed E-state index contributed by atoms with van der Waals surface area (Å²) in [6.45, 7) is 2.60. The maximum Gasteiger partial charge on any atom is 0.0991 e. The summed E-state index contributed by atoms with van der Waals surface area (Å²) in [4.78, 5) is 6.10. The fraction of sp³-hybridized carbons (Fsp3) is 0.526. The molecule has 3 heteroatoms. The number of nitriles is 1. The van der Waals surface area contributed by atoms with Gasteiger partial charge in [-0.25, -0.2) is 0 Å². The van der Waals surface area contributed by atoms with Crippen molar-refractivity contribution >= 4 is 10.9 Å². The molecule has 2 unspecified atom stereocenters. The highest BCUT2D eigenvalue weighted by molar-refractivity contribution is 5.84. The molecule has 2 aliphatic rings. The van der Waals surface area contributed by atoms with E-state index in [1.807, 2.05) is 18.2 Å². The van der Waals surface area contributed by atoms with Crippen LogP contribution < -0.4 is 0 Å². The lowest BCUT2D eigenvalue weighted by molar-refractivity contribution is 0.196. The van der Waals surface area contributed by atoms with Crippen molar-refractivity contribution in [3.05, 3.63) is 35.5 Å². The molecule has 1 aliphatic heterocycles. The fourth-order valence-electron chi connectivity index (χ4n) is 4.51. The SMILES string of the molecule is N#Cc1ccc2[nH]cc(CC3CCCC3N3CCCC3)c2c1. The average molecular weight is 293 g/mol. The number of nitrogens with one attached hydrogen (secondary N) is 1. The number of hydrogen-bond acceptors (Lipinski definition) is 2. The first-order chi connectivity index (χ1) is 10.8. The number of fused-ring (bicyclic) bond motifs is 1. The van der Waals surface area contributed by atoms with Crippen LogP contribution in [0.5, 0.6) is 0 Å². The van der Waals surface area contributed by atoms with Crippen LogP contribution in [-0.2, 0) is 6.42 Å². The molecule has 0 bridgehead atoms. The monoisotopic (exact) mass is 293 g/mol. The van der Waals surface area contributed by atoms with E-state index in [1.165, 1.54) is 56.1 Å². The first-order valence-electron chi connectivity index (χ1n) is 8.59. The van der Waals surface area contributed by atoms with Gasteiger partial charge in [-0.1, -0.05) is 6.42 Å². The van der Waals surface area contributed by atoms with Gasteiger partial charge in [-0.2, -0.15) is 5.26 Å². The molecule has 4 rings (SSSR count). The molecule has 2 aromatic rings. The van der Waals surface area contributed by atoms with Gasteiger partial charge in [-0.15, -0.1) is 0 Å². The molecule has 2 fully saturated rings. The maximum absolute atomic E-state index is 9.13. The van der Waals surface area contributed by atoms with Crippen molar-refractivity contribution in [2.24, 2.45) is 5.92 Å². The molecule has 0 spiro atoms. The van der Waals surface area contributed by atoms with Crippen LogP contribution in [0, 0.1) is 17.2 Å². The summed E-state index contributed by atoms with van der Waals surface area (Å²) in [5.41, 5.74) is 3.31. The van der Waals surface area contributed by atoms with Crippen LogP contribution in [0.2, 0.25) is 0 Å². The zero-order valence-corrected chi connectivity index (χ0v) is 13.0. The van der Waals surface area contributed by atoms with Crippen molar-refractivity contribution in [1.29, 1.82) is 5.26 Å². The molecule has 22 heavy (non-hydrogen) atoms. The third kappa shape index (κ3) is 2.42. The zero-order valence-electron chi connectivity index (χ0n) is 13.0. The molecular formula is C19H23N3. The normalized spacial score (nSPS) is 25.8. The van der Waals surface area contributed by atoms with Gasteiger partial charge in [0.15, 0.2) is 0 Å². The summed E-state index contributed by atoms with van der Waals surface area (Å²) in [6.07, 6.45) is 10.2. The Bertz CT molecular complexity index is 703. The third-order valence-electron chi connectivity index (χ3n) is 5.61. The standard InChI is InChI=1S/C19H23N3/c20-12-14-6-7-18-17(10-14)16(13-21-18)11-15-4-3-5-19(15)22-8-1-2-9-22/h6-7,10,13,15,19,21H,1-5,8-9,11H2. The van der Waals surface area contributed by atoms with E-state index in [2.05, 4.69) is 22.1 Å². The van der Waals surface area contributed by atoms with Gasteiger partial charge in [-0.05, 0) is 74.9 Å². The highest BCUT2D eigenvalue weighted by Crippen LogP contribution is 2.35. The van der Waals surface area contributed by atoms with Crippen LogP contribution in [0.4, 0.5) is 0 Å². The van der Waals surface area contributed by atoms with Crippen molar-refractivity contribution in [1.82, 2.24) is 9.88 Å². The topological polar surface area (TPSA) is 42.8 Å². The van der Waals surface area contributed by atoms with Crippen LogP contribution in [0.25, 0.3) is 10.9 Å². The molecule has 1 saturated carbocycles. The predicted octanol–water partition coefficient (Wildman–Crippen LogP) is 3.85. The molecular weight excluding hydrogens is 270 g/mol. The Morgan fingerprint density at radius 1 is 1.18 bits per heavy atom. The number of aromatic nitrogens is 1. The van der Waals surface area contributed by atoms with Gasteiger partial charge >= 0.3 is 0 Å². The van der Waals surface area contributed by atoms with Gasteiger partial charge in [0, 0.05) is 23.1 Å². The number of rotatable bonds is 3. The van der Waals surface area contributed by atoms with Gasteiger partial charge in [0.05, 0.1) is 11.6 Å². The molecule has 0 amide bonds. The second-order valence-electron chi connectivity index (χ2n) is 6.89. The van der Waals surface area contributed by atoms with Crippen molar-refractivity contribution in [2.75, 3.05) is 13.1 Å². The Balaban J connectivity index is 1.58. The van der Waals surface area contributed by atoms with Crippen LogP contribution in [-0.4, -0.2) is 29.0 Å². The lowest BCUT2D eigenvalue weighted by atomic mass is 9.93. The molecule has 1 N–H and O–H groups in total. The van der Waals surface area contributed by atoms with Gasteiger partial charge in [0.2, 0.25) is 0 Å². The minimum absolute atomic E-state index is 0.760. The number of nitrogens with zero attached hydrogens (tertiary/aromatic N) is 2. The van der Waals surface area contributed by atoms with E-state index in [0.717, 1.165) is 29.5 Å². The number of aromatic amines is 1. The number of likely N-dealkylation sites (tertiary alicyclic amines) is 1. The van der Waals surface area contributed by atoms with Crippen molar-refractivity contribution in [3.8, 4) is 6.07 Å². The maximum atomic E-state index is 9.13. The van der Waals surface area contributed by atoms with Crippen molar-refractivity contribution in [3.63, 3.8) is 0 Å². The summed E-state index contributed by atoms with van der Waals surface area (Å²) in [7, 11) is 0. The minimum atomic E-state index is 0.760. The largest absolute Gasteiger partial charge is 0.361 e. The Morgan fingerprint density at radius 3 is 2.86 bits per heavy atom. The van der Waals surface area contributed by atoms with Gasteiger partial charge in [0.1, 0.15) is 0 Å². The van der Waals surface area contributed by atoms with E-state index in [0.29, 0.717) is 0 Å². The van der Waals surface area contributed by atoms with Crippen LogP contribution in [0.1, 0.15) is 43.2 Å². The summed E-state index contributed by atoms with van der Waals surface area (Å²) >= 11 is 0. The van der Waals surface area contributed by atoms with Crippen LogP contribution in [0.3, 0.4) is 0 Å². The van der Waals surface area contributed by atoms with Gasteiger partial charge in [-0.3, -0.25) is 0 Å². The Kier molecular flexibility index (Phi) is 3.63. The summed E-state index contributed by atoms with van der Waals surface area (Å²) in [5.74, 6) is 0.780. The molecule has 1 aromatic carbocycles. The highest BCUT2D eigenvalue weighted by atomic mass is 15.2. The number of hydrogen-bond donors (Lipinski definition) is 1. The smallest absolute Gasteiger partial charge is 0.0991 e. The number of H-pyrrole nitrogens is 1. The van der Waals surface area contributed by atoms with E-state index in [1.54, 1.807) is 0 Å². The second-order valence-corrected chi connectivity index (χ2v) is 6.89. The zero-order chi connectivity index (χ0) is 14.9. The van der Waals surface area contributed by atoms with E-state index >= 15 is 0 Å². The molecule has 2 heterocycles. The van der Waals surface area contributed by atoms with E-state index in [-0.39, 0.29) is 0 Å². The van der Waals surface area contributed by atoms with Crippen molar-refractivity contribution < 1.29 is 0 Å². The highest BCUT2D eigenvalue weighted by Gasteiger charge is 2.33. The molecule has 0 radical (unpaired) electrons. The Morgan fingerprint density at radius 2 is 2.05 bits per heavy atom. The minimum Gasteiger partial charge on any atom is -0.361 e. The Labute approximate surface area is 131 Å². The summed E-state index contributed by atoms with van der Waals surface area (Å²) in [6, 6.07) is 9.01. The lowest BCUT2D eigenvalue weighted by Crippen LogP contribution is -2.36. The molecule has 114 valence electrons. The fourth-order valence-corrected chi connectivity index (χ4v) is 4.51. The Hall–Kier alpha value is -1.79. The molecule has 2 atom stereocenters. The second kappa shape index (κ2) is 5.78. The average Bonchev–Trinajstić information content (AvgIpc) is 3.27. The van der Waals surface area contributed by atoms with E-state index in [4.69, 9.17) is 5.26 Å². The quantitative estimate of drug-likeness (QED) is 0.934. The molecule has 1 aromatic heterocycles. The van der Waals surface area contributed by atoms with Gasteiger partial charge in [0.25, 0.3) is 0 Å². The van der Waals surface area contributed by atoms with Crippen LogP contribution in [0.15, 0.2) is 24.4 Å². The third-order valence-corrected chi connectivity index (χ3v) is 5.61.